The highest BCUT2D eigenvalue weighted by molar-refractivity contribution is 9.10. The van der Waals surface area contributed by atoms with Crippen molar-refractivity contribution in [3.05, 3.63) is 99.5 Å². The first-order valence-corrected chi connectivity index (χ1v) is 21.0. The van der Waals surface area contributed by atoms with E-state index in [1.54, 1.807) is 39.0 Å². The van der Waals surface area contributed by atoms with Crippen molar-refractivity contribution in [1.29, 1.82) is 0 Å². The highest BCUT2D eigenvalue weighted by Crippen LogP contribution is 2.39. The van der Waals surface area contributed by atoms with E-state index in [0.717, 1.165) is 10.0 Å². The number of carbonyl (C=O) groups is 2. The summed E-state index contributed by atoms with van der Waals surface area (Å²) in [5.41, 5.74) is 0.783. The largest absolute Gasteiger partial charge is 0.490 e. The number of hydrogen-bond acceptors (Lipinski definition) is 6. The molecule has 278 valence electrons. The van der Waals surface area contributed by atoms with E-state index in [4.69, 9.17) is 13.9 Å². The molecule has 0 spiro atoms. The van der Waals surface area contributed by atoms with Gasteiger partial charge in [0.25, 0.3) is 0 Å². The molecule has 0 aromatic heterocycles. The zero-order valence-electron chi connectivity index (χ0n) is 30.7. The minimum absolute atomic E-state index is 0.00261. The Morgan fingerprint density at radius 3 is 2.29 bits per heavy atom. The standard InChI is InChI=1S/C39H51BrF2N2O6Si/c1-38(2,3)49-37(47)43-31(19-24-13-15-27(40)16-14-24)34(50-51(7,8)39(4,5)6)21-26(20-25-11-9-10-12-30(25)42)36(46)44-35-29-22-28(41)17-18-33(29)48-23-32(35)45/h9-18,22,26,31-32,34-35,45H,19-21,23H2,1-8H3,(H,43,47)(H,44,46)/t26-,31+,32-,34+,35+/m1/s1. The molecule has 3 aromatic rings. The summed E-state index contributed by atoms with van der Waals surface area (Å²) in [5, 5.41) is 16.7. The number of hydrogen-bond donors (Lipinski definition) is 3. The molecule has 2 amide bonds. The molecular formula is C39H51BrF2N2O6Si. The number of fused-ring (bicyclic) bond motifs is 1. The highest BCUT2D eigenvalue weighted by Gasteiger charge is 2.43. The van der Waals surface area contributed by atoms with E-state index in [1.165, 1.54) is 24.3 Å². The van der Waals surface area contributed by atoms with Crippen molar-refractivity contribution < 1.29 is 37.4 Å². The van der Waals surface area contributed by atoms with Gasteiger partial charge in [0.15, 0.2) is 8.32 Å². The minimum atomic E-state index is -2.57. The summed E-state index contributed by atoms with van der Waals surface area (Å²) in [6.07, 6.45) is -2.08. The van der Waals surface area contributed by atoms with Crippen molar-refractivity contribution in [1.82, 2.24) is 10.6 Å². The molecule has 0 bridgehead atoms. The van der Waals surface area contributed by atoms with E-state index in [-0.39, 0.29) is 24.5 Å². The van der Waals surface area contributed by atoms with Gasteiger partial charge in [0.05, 0.1) is 18.2 Å². The van der Waals surface area contributed by atoms with Crippen LogP contribution in [0.3, 0.4) is 0 Å². The Hall–Kier alpha value is -3.32. The maximum absolute atomic E-state index is 15.2. The molecule has 0 fully saturated rings. The molecular weight excluding hydrogens is 738 g/mol. The molecule has 0 saturated carbocycles. The SMILES string of the molecule is CC(C)(C)OC(=O)N[C@@H](Cc1ccc(Br)cc1)[C@H](C[C@@H](Cc1ccccc1F)C(=O)N[C@H]1c2cc(F)ccc2OC[C@H]1O)O[Si](C)(C)C(C)(C)C. The van der Waals surface area contributed by atoms with E-state index in [1.807, 2.05) is 24.3 Å². The van der Waals surface area contributed by atoms with E-state index >= 15 is 4.39 Å². The second-order valence-corrected chi connectivity index (χ2v) is 21.4. The number of alkyl carbamates (subject to hydrolysis) is 1. The summed E-state index contributed by atoms with van der Waals surface area (Å²) in [6.45, 7) is 15.7. The van der Waals surface area contributed by atoms with Crippen LogP contribution >= 0.6 is 15.9 Å². The molecule has 1 aliphatic heterocycles. The van der Waals surface area contributed by atoms with Crippen molar-refractivity contribution in [3.8, 4) is 5.75 Å². The van der Waals surface area contributed by atoms with Crippen LogP contribution in [-0.2, 0) is 26.8 Å². The summed E-state index contributed by atoms with van der Waals surface area (Å²) < 4.78 is 48.9. The van der Waals surface area contributed by atoms with Crippen molar-refractivity contribution >= 4 is 36.2 Å². The van der Waals surface area contributed by atoms with Crippen LogP contribution in [0.1, 0.15) is 70.7 Å². The van der Waals surface area contributed by atoms with Crippen molar-refractivity contribution in [2.24, 2.45) is 5.92 Å². The van der Waals surface area contributed by atoms with E-state index in [0.29, 0.717) is 23.3 Å². The van der Waals surface area contributed by atoms with Gasteiger partial charge in [-0.25, -0.2) is 13.6 Å². The second-order valence-electron chi connectivity index (χ2n) is 15.8. The lowest BCUT2D eigenvalue weighted by molar-refractivity contribution is -0.128. The number of benzene rings is 3. The predicted octanol–water partition coefficient (Wildman–Crippen LogP) is 8.41. The Morgan fingerprint density at radius 1 is 1.00 bits per heavy atom. The van der Waals surface area contributed by atoms with Gasteiger partial charge < -0.3 is 29.6 Å². The minimum Gasteiger partial charge on any atom is -0.490 e. The van der Waals surface area contributed by atoms with Gasteiger partial charge in [0.1, 0.15) is 35.7 Å². The summed E-state index contributed by atoms with van der Waals surface area (Å²) in [6, 6.07) is 16.3. The van der Waals surface area contributed by atoms with E-state index in [2.05, 4.69) is 60.4 Å². The smallest absolute Gasteiger partial charge is 0.407 e. The molecule has 51 heavy (non-hydrogen) atoms. The van der Waals surface area contributed by atoms with Gasteiger partial charge in [-0.3, -0.25) is 4.79 Å². The second kappa shape index (κ2) is 16.6. The predicted molar refractivity (Wildman–Crippen MR) is 200 cm³/mol. The number of ether oxygens (including phenoxy) is 2. The first-order chi connectivity index (χ1) is 23.7. The topological polar surface area (TPSA) is 106 Å². The van der Waals surface area contributed by atoms with Crippen molar-refractivity contribution in [2.45, 2.75) is 109 Å². The fourth-order valence-corrected chi connectivity index (χ4v) is 7.40. The summed E-state index contributed by atoms with van der Waals surface area (Å²) in [7, 11) is -2.57. The number of carbonyl (C=O) groups excluding carboxylic acids is 2. The van der Waals surface area contributed by atoms with Crippen LogP contribution in [0, 0.1) is 17.6 Å². The third-order valence-corrected chi connectivity index (χ3v) is 14.5. The monoisotopic (exact) mass is 788 g/mol. The number of nitrogens with one attached hydrogen (secondary N) is 2. The van der Waals surface area contributed by atoms with Crippen LogP contribution in [-0.4, -0.2) is 55.9 Å². The Kier molecular flexibility index (Phi) is 13.1. The molecule has 12 heteroatoms. The Balaban J connectivity index is 1.78. The molecule has 3 N–H and O–H groups in total. The maximum atomic E-state index is 15.2. The molecule has 0 radical (unpaired) electrons. The van der Waals surface area contributed by atoms with Crippen LogP contribution in [0.5, 0.6) is 5.75 Å². The zero-order valence-corrected chi connectivity index (χ0v) is 33.3. The average molecular weight is 790 g/mol. The molecule has 4 rings (SSSR count). The van der Waals surface area contributed by atoms with E-state index < -0.39 is 67.8 Å². The molecule has 8 nitrogen and oxygen atoms in total. The Labute approximate surface area is 309 Å². The Bertz CT molecular complexity index is 1660. The number of rotatable bonds is 12. The fraction of sp³-hybridized carbons (Fsp3) is 0.487. The summed E-state index contributed by atoms with van der Waals surface area (Å²) in [4.78, 5) is 27.8. The average Bonchev–Trinajstić information content (AvgIpc) is 3.02. The number of aliphatic hydroxyl groups is 1. The summed E-state index contributed by atoms with van der Waals surface area (Å²) in [5.74, 6) is -2.03. The quantitative estimate of drug-likeness (QED) is 0.159. The van der Waals surface area contributed by atoms with Gasteiger partial charge >= 0.3 is 6.09 Å². The van der Waals surface area contributed by atoms with E-state index in [9.17, 15) is 19.1 Å². The first-order valence-electron chi connectivity index (χ1n) is 17.3. The van der Waals surface area contributed by atoms with Gasteiger partial charge in [0, 0.05) is 16.0 Å². The lowest BCUT2D eigenvalue weighted by Crippen LogP contribution is -2.54. The van der Waals surface area contributed by atoms with Crippen molar-refractivity contribution in [3.63, 3.8) is 0 Å². The maximum Gasteiger partial charge on any atom is 0.407 e. The summed E-state index contributed by atoms with van der Waals surface area (Å²) >= 11 is 3.49. The third-order valence-electron chi connectivity index (χ3n) is 9.48. The molecule has 1 aliphatic rings. The first kappa shape index (κ1) is 40.4. The van der Waals surface area contributed by atoms with Crippen LogP contribution < -0.4 is 15.4 Å². The molecule has 1 heterocycles. The molecule has 0 saturated heterocycles. The zero-order chi connectivity index (χ0) is 37.7. The Morgan fingerprint density at radius 2 is 1.67 bits per heavy atom. The normalized spacial score (nSPS) is 18.1. The van der Waals surface area contributed by atoms with Crippen LogP contribution in [0.25, 0.3) is 0 Å². The highest BCUT2D eigenvalue weighted by atomic mass is 79.9. The molecule has 0 aliphatic carbocycles. The number of aliphatic hydroxyl groups excluding tert-OH is 1. The number of halogens is 3. The molecule has 5 atom stereocenters. The van der Waals surface area contributed by atoms with Gasteiger partial charge in [-0.05, 0) is 106 Å². The molecule has 3 aromatic carbocycles. The van der Waals surface area contributed by atoms with Crippen LogP contribution in [0.15, 0.2) is 71.2 Å². The molecule has 0 unspecified atom stereocenters. The van der Waals surface area contributed by atoms with Gasteiger partial charge in [0.2, 0.25) is 5.91 Å². The van der Waals surface area contributed by atoms with Crippen molar-refractivity contribution in [2.75, 3.05) is 6.61 Å². The van der Waals surface area contributed by atoms with Crippen LogP contribution in [0.4, 0.5) is 13.6 Å². The third kappa shape index (κ3) is 11.3. The fourth-order valence-electron chi connectivity index (χ4n) is 5.77. The number of amides is 2. The van der Waals surface area contributed by atoms with Gasteiger partial charge in [-0.1, -0.05) is 67.0 Å². The lowest BCUT2D eigenvalue weighted by atomic mass is 9.87. The van der Waals surface area contributed by atoms with Crippen LogP contribution in [0.2, 0.25) is 18.1 Å². The van der Waals surface area contributed by atoms with Gasteiger partial charge in [-0.15, -0.1) is 0 Å². The lowest BCUT2D eigenvalue weighted by Gasteiger charge is -2.42. The van der Waals surface area contributed by atoms with Gasteiger partial charge in [-0.2, -0.15) is 0 Å².